The molecule has 0 bridgehead atoms. The third-order valence-corrected chi connectivity index (χ3v) is 9.63. The van der Waals surface area contributed by atoms with E-state index in [0.29, 0.717) is 5.41 Å². The van der Waals surface area contributed by atoms with E-state index in [4.69, 9.17) is 0 Å². The minimum Gasteiger partial charge on any atom is -0.347 e. The van der Waals surface area contributed by atoms with E-state index in [1.807, 2.05) is 13.8 Å². The van der Waals surface area contributed by atoms with Gasteiger partial charge in [0.2, 0.25) is 0 Å². The number of nitrogens with zero attached hydrogens (tertiary/aromatic N) is 1. The summed E-state index contributed by atoms with van der Waals surface area (Å²) in [6.07, 6.45) is 14.8. The van der Waals surface area contributed by atoms with Crippen molar-refractivity contribution in [2.75, 3.05) is 0 Å². The molecule has 222 valence electrons. The Kier molecular flexibility index (Phi) is 11.1. The summed E-state index contributed by atoms with van der Waals surface area (Å²) in [6, 6.07) is 15.9. The van der Waals surface area contributed by atoms with Gasteiger partial charge in [0.05, 0.1) is 0 Å². The van der Waals surface area contributed by atoms with E-state index < -0.39 is 0 Å². The highest BCUT2D eigenvalue weighted by Crippen LogP contribution is 2.55. The molecule has 1 aromatic heterocycles. The maximum atomic E-state index is 4.04. The van der Waals surface area contributed by atoms with E-state index in [-0.39, 0.29) is 5.41 Å². The number of aryl methyl sites for hydroxylation is 3. The van der Waals surface area contributed by atoms with Gasteiger partial charge in [-0.15, -0.1) is 0 Å². The fourth-order valence-electron chi connectivity index (χ4n) is 7.08. The van der Waals surface area contributed by atoms with Crippen LogP contribution in [0.15, 0.2) is 66.8 Å². The van der Waals surface area contributed by atoms with Crippen molar-refractivity contribution in [3.63, 3.8) is 0 Å². The summed E-state index contributed by atoms with van der Waals surface area (Å²) in [5, 5.41) is 1.51. The van der Waals surface area contributed by atoms with E-state index in [1.165, 1.54) is 65.3 Å². The first kappa shape index (κ1) is 32.7. The molecule has 2 aromatic carbocycles. The van der Waals surface area contributed by atoms with Crippen LogP contribution in [0.4, 0.5) is 0 Å². The molecule has 1 atom stereocenters. The van der Waals surface area contributed by atoms with Gasteiger partial charge in [-0.25, -0.2) is 0 Å². The van der Waals surface area contributed by atoms with Gasteiger partial charge in [-0.2, -0.15) is 0 Å². The molecule has 1 heteroatoms. The Balaban J connectivity index is 0.000000223. The SMILES string of the molecule is C=C(C)c1ccc(C2=CC[C@@](C)(CC)/C(=C\CC)C2(C)C)cc1.CC.CCc1ccc2c(c1)c1c(n2C)CCCC1. The fraction of sp³-hybridized carbons (Fsp3) is 0.500. The normalized spacial score (nSPS) is 20.3. The highest BCUT2D eigenvalue weighted by Gasteiger charge is 2.42. The van der Waals surface area contributed by atoms with Gasteiger partial charge in [0.15, 0.2) is 0 Å². The van der Waals surface area contributed by atoms with Crippen LogP contribution in [0.1, 0.15) is 122 Å². The molecular formula is C40H57N. The van der Waals surface area contributed by atoms with Crippen LogP contribution in [0.2, 0.25) is 0 Å². The quantitative estimate of drug-likeness (QED) is 0.278. The molecular weight excluding hydrogens is 494 g/mol. The number of allylic oxidation sites excluding steroid dienone is 5. The first-order chi connectivity index (χ1) is 19.6. The number of benzene rings is 2. The molecule has 1 nitrogen and oxygen atoms in total. The lowest BCUT2D eigenvalue weighted by molar-refractivity contribution is 0.310. The Morgan fingerprint density at radius 1 is 0.951 bits per heavy atom. The lowest BCUT2D eigenvalue weighted by Gasteiger charge is -2.46. The van der Waals surface area contributed by atoms with Crippen LogP contribution >= 0.6 is 0 Å². The van der Waals surface area contributed by atoms with Crippen molar-refractivity contribution in [2.45, 2.75) is 114 Å². The maximum absolute atomic E-state index is 4.04. The summed E-state index contributed by atoms with van der Waals surface area (Å²) in [5.74, 6) is 0. The summed E-state index contributed by atoms with van der Waals surface area (Å²) in [5.41, 5.74) is 13.2. The maximum Gasteiger partial charge on any atom is 0.0482 e. The molecule has 2 aliphatic carbocycles. The zero-order valence-corrected chi connectivity index (χ0v) is 28.0. The Labute approximate surface area is 252 Å². The van der Waals surface area contributed by atoms with Gasteiger partial charge in [0, 0.05) is 29.1 Å². The van der Waals surface area contributed by atoms with Crippen LogP contribution in [-0.4, -0.2) is 4.57 Å². The third kappa shape index (κ3) is 6.66. The molecule has 0 unspecified atom stereocenters. The highest BCUT2D eigenvalue weighted by molar-refractivity contribution is 5.86. The zero-order valence-electron chi connectivity index (χ0n) is 28.0. The van der Waals surface area contributed by atoms with Gasteiger partial charge < -0.3 is 4.57 Å². The van der Waals surface area contributed by atoms with E-state index in [0.717, 1.165) is 24.8 Å². The first-order valence-corrected chi connectivity index (χ1v) is 16.3. The fourth-order valence-corrected chi connectivity index (χ4v) is 7.08. The van der Waals surface area contributed by atoms with E-state index >= 15 is 0 Å². The molecule has 0 aliphatic heterocycles. The highest BCUT2D eigenvalue weighted by atomic mass is 14.9. The molecule has 5 rings (SSSR count). The predicted octanol–water partition coefficient (Wildman–Crippen LogP) is 11.9. The second kappa shape index (κ2) is 13.9. The van der Waals surface area contributed by atoms with E-state index in [9.17, 15) is 0 Å². The van der Waals surface area contributed by atoms with E-state index in [1.54, 1.807) is 16.8 Å². The molecule has 0 amide bonds. The zero-order chi connectivity index (χ0) is 30.4. The minimum absolute atomic E-state index is 0.0871. The van der Waals surface area contributed by atoms with Gasteiger partial charge in [-0.3, -0.25) is 0 Å². The molecule has 0 saturated carbocycles. The average molecular weight is 552 g/mol. The molecule has 2 aliphatic rings. The van der Waals surface area contributed by atoms with Crippen molar-refractivity contribution in [2.24, 2.45) is 17.9 Å². The number of rotatable bonds is 5. The van der Waals surface area contributed by atoms with Crippen molar-refractivity contribution in [3.05, 3.63) is 94.7 Å². The van der Waals surface area contributed by atoms with Crippen LogP contribution in [0, 0.1) is 10.8 Å². The Bertz CT molecular complexity index is 1390. The third-order valence-electron chi connectivity index (χ3n) is 9.63. The molecule has 0 radical (unpaired) electrons. The van der Waals surface area contributed by atoms with Crippen LogP contribution in [0.5, 0.6) is 0 Å². The molecule has 0 spiro atoms. The molecule has 0 fully saturated rings. The van der Waals surface area contributed by atoms with Crippen molar-refractivity contribution < 1.29 is 0 Å². The summed E-state index contributed by atoms with van der Waals surface area (Å²) >= 11 is 0. The van der Waals surface area contributed by atoms with Crippen molar-refractivity contribution in [1.29, 1.82) is 0 Å². The minimum atomic E-state index is 0.0871. The van der Waals surface area contributed by atoms with Gasteiger partial charge in [-0.1, -0.05) is 116 Å². The molecule has 1 heterocycles. The Morgan fingerprint density at radius 2 is 1.61 bits per heavy atom. The standard InChI is InChI=1S/C23H32.C15H19N.C2H6/c1-8-10-21-22(5,6)20(15-16-23(21,7)9-2)19-13-11-18(12-14-19)17(3)4;1-3-11-8-9-15-13(10-11)12-6-4-5-7-14(12)16(15)2;1-2/h10-15H,3,8-9,16H2,1-2,4-7H3;8-10H,3-7H2,1-2H3;1-2H3/b21-10-;;/t23-;;/m1../s1. The summed E-state index contributed by atoms with van der Waals surface area (Å²) in [6.45, 7) is 24.1. The summed E-state index contributed by atoms with van der Waals surface area (Å²) in [4.78, 5) is 0. The second-order valence-electron chi connectivity index (χ2n) is 12.6. The van der Waals surface area contributed by atoms with Gasteiger partial charge in [-0.05, 0) is 104 Å². The van der Waals surface area contributed by atoms with Crippen LogP contribution in [0.3, 0.4) is 0 Å². The van der Waals surface area contributed by atoms with Crippen molar-refractivity contribution >= 4 is 22.0 Å². The lowest BCUT2D eigenvalue weighted by Crippen LogP contribution is -2.33. The summed E-state index contributed by atoms with van der Waals surface area (Å²) < 4.78 is 2.41. The number of hydrogen-bond acceptors (Lipinski definition) is 0. The molecule has 0 N–H and O–H groups in total. The van der Waals surface area contributed by atoms with Crippen LogP contribution < -0.4 is 0 Å². The number of fused-ring (bicyclic) bond motifs is 3. The van der Waals surface area contributed by atoms with Crippen LogP contribution in [-0.2, 0) is 26.3 Å². The van der Waals surface area contributed by atoms with Crippen molar-refractivity contribution in [3.8, 4) is 0 Å². The number of hydrogen-bond donors (Lipinski definition) is 0. The molecule has 3 aromatic rings. The Morgan fingerprint density at radius 3 is 2.20 bits per heavy atom. The van der Waals surface area contributed by atoms with E-state index in [2.05, 4.69) is 121 Å². The average Bonchev–Trinajstić information content (AvgIpc) is 3.27. The Hall–Kier alpha value is -2.80. The smallest absolute Gasteiger partial charge is 0.0482 e. The van der Waals surface area contributed by atoms with Crippen LogP contribution in [0.25, 0.3) is 22.0 Å². The lowest BCUT2D eigenvalue weighted by atomic mass is 9.58. The predicted molar refractivity (Wildman–Crippen MR) is 185 cm³/mol. The monoisotopic (exact) mass is 551 g/mol. The largest absolute Gasteiger partial charge is 0.347 e. The molecule has 0 saturated heterocycles. The second-order valence-corrected chi connectivity index (χ2v) is 12.6. The van der Waals surface area contributed by atoms with Gasteiger partial charge >= 0.3 is 0 Å². The molecule has 41 heavy (non-hydrogen) atoms. The number of aromatic nitrogens is 1. The van der Waals surface area contributed by atoms with Gasteiger partial charge in [0.1, 0.15) is 0 Å². The summed E-state index contributed by atoms with van der Waals surface area (Å²) in [7, 11) is 2.22. The first-order valence-electron chi connectivity index (χ1n) is 16.3. The topological polar surface area (TPSA) is 4.93 Å². The van der Waals surface area contributed by atoms with Gasteiger partial charge in [0.25, 0.3) is 0 Å². The van der Waals surface area contributed by atoms with Crippen molar-refractivity contribution in [1.82, 2.24) is 4.57 Å².